The standard InChI is InChI=1S/C16H18ClFN8O/c1-8(2)27-13-4-12(25-26-13)23-15-11(17)7-21-16(24-15)22-9(3)14-19-5-10(18)6-20-14/h4-9H,1-3H3,(H3,21,22,23,24,25,26)/t9-/m0/s1. The Bertz CT molecular complexity index is 902. The lowest BCUT2D eigenvalue weighted by atomic mass is 10.3. The van der Waals surface area contributed by atoms with Crippen LogP contribution in [0.5, 0.6) is 5.88 Å². The van der Waals surface area contributed by atoms with Gasteiger partial charge in [0.05, 0.1) is 30.7 Å². The number of nitrogens with one attached hydrogen (secondary N) is 3. The van der Waals surface area contributed by atoms with Crippen molar-refractivity contribution >= 4 is 29.2 Å². The summed E-state index contributed by atoms with van der Waals surface area (Å²) in [4.78, 5) is 16.3. The van der Waals surface area contributed by atoms with Crippen LogP contribution in [0.3, 0.4) is 0 Å². The summed E-state index contributed by atoms with van der Waals surface area (Å²) < 4.78 is 18.4. The first-order chi connectivity index (χ1) is 12.9. The van der Waals surface area contributed by atoms with Crippen LogP contribution in [0.1, 0.15) is 32.6 Å². The fourth-order valence-corrected chi connectivity index (χ4v) is 2.26. The Kier molecular flexibility index (Phi) is 5.65. The molecule has 0 saturated heterocycles. The molecule has 11 heteroatoms. The molecule has 0 aliphatic rings. The summed E-state index contributed by atoms with van der Waals surface area (Å²) in [7, 11) is 0. The highest BCUT2D eigenvalue weighted by Gasteiger charge is 2.13. The summed E-state index contributed by atoms with van der Waals surface area (Å²) in [5.41, 5.74) is 0. The summed E-state index contributed by atoms with van der Waals surface area (Å²) in [6, 6.07) is 1.36. The van der Waals surface area contributed by atoms with E-state index in [0.29, 0.717) is 34.3 Å². The SMILES string of the molecule is CC(C)Oc1cc(Nc2nc(N[C@@H](C)c3ncc(F)cn3)ncc2Cl)[nH]n1. The molecule has 0 bridgehead atoms. The van der Waals surface area contributed by atoms with Crippen LogP contribution in [0.15, 0.2) is 24.7 Å². The summed E-state index contributed by atoms with van der Waals surface area (Å²) >= 11 is 6.16. The van der Waals surface area contributed by atoms with Crippen LogP contribution in [0, 0.1) is 5.82 Å². The minimum absolute atomic E-state index is 0.00904. The molecule has 0 saturated carbocycles. The van der Waals surface area contributed by atoms with Crippen molar-refractivity contribution in [2.45, 2.75) is 32.9 Å². The van der Waals surface area contributed by atoms with E-state index in [1.54, 1.807) is 6.07 Å². The average molecular weight is 393 g/mol. The zero-order chi connectivity index (χ0) is 19.4. The maximum absolute atomic E-state index is 12.9. The Morgan fingerprint density at radius 3 is 2.59 bits per heavy atom. The van der Waals surface area contributed by atoms with Crippen LogP contribution in [0.25, 0.3) is 0 Å². The second kappa shape index (κ2) is 8.12. The number of rotatable bonds is 7. The molecule has 0 aliphatic heterocycles. The van der Waals surface area contributed by atoms with Gasteiger partial charge in [-0.2, -0.15) is 4.98 Å². The second-order valence-electron chi connectivity index (χ2n) is 5.93. The van der Waals surface area contributed by atoms with Crippen molar-refractivity contribution in [1.29, 1.82) is 0 Å². The van der Waals surface area contributed by atoms with E-state index in [1.807, 2.05) is 20.8 Å². The van der Waals surface area contributed by atoms with Crippen molar-refractivity contribution in [2.75, 3.05) is 10.6 Å². The molecule has 1 atom stereocenters. The number of hydrogen-bond acceptors (Lipinski definition) is 8. The number of anilines is 3. The van der Waals surface area contributed by atoms with E-state index < -0.39 is 5.82 Å². The van der Waals surface area contributed by atoms with Gasteiger partial charge in [-0.3, -0.25) is 5.10 Å². The number of hydrogen-bond donors (Lipinski definition) is 3. The van der Waals surface area contributed by atoms with Gasteiger partial charge in [-0.15, -0.1) is 5.10 Å². The van der Waals surface area contributed by atoms with Crippen molar-refractivity contribution in [2.24, 2.45) is 0 Å². The van der Waals surface area contributed by atoms with E-state index in [-0.39, 0.29) is 12.1 Å². The molecule has 27 heavy (non-hydrogen) atoms. The molecule has 0 radical (unpaired) electrons. The fraction of sp³-hybridized carbons (Fsp3) is 0.312. The van der Waals surface area contributed by atoms with E-state index in [1.165, 1.54) is 6.20 Å². The molecular formula is C16H18ClFN8O. The van der Waals surface area contributed by atoms with Gasteiger partial charge in [0.15, 0.2) is 11.6 Å². The number of nitrogens with zero attached hydrogens (tertiary/aromatic N) is 5. The van der Waals surface area contributed by atoms with E-state index in [9.17, 15) is 4.39 Å². The summed E-state index contributed by atoms with van der Waals surface area (Å²) in [6.45, 7) is 5.63. The summed E-state index contributed by atoms with van der Waals surface area (Å²) in [6.07, 6.45) is 3.67. The first-order valence-corrected chi connectivity index (χ1v) is 8.54. The number of aromatic amines is 1. The van der Waals surface area contributed by atoms with E-state index in [2.05, 4.69) is 40.8 Å². The van der Waals surface area contributed by atoms with Crippen LogP contribution in [-0.4, -0.2) is 36.2 Å². The summed E-state index contributed by atoms with van der Waals surface area (Å²) in [5.74, 6) is 1.61. The molecule has 142 valence electrons. The zero-order valence-electron chi connectivity index (χ0n) is 14.9. The Labute approximate surface area is 159 Å². The third kappa shape index (κ3) is 5.00. The molecule has 0 fully saturated rings. The Morgan fingerprint density at radius 2 is 1.89 bits per heavy atom. The first-order valence-electron chi connectivity index (χ1n) is 8.16. The third-order valence-corrected chi connectivity index (χ3v) is 3.56. The van der Waals surface area contributed by atoms with Crippen molar-refractivity contribution in [3.63, 3.8) is 0 Å². The maximum Gasteiger partial charge on any atom is 0.234 e. The van der Waals surface area contributed by atoms with Crippen LogP contribution in [-0.2, 0) is 0 Å². The Morgan fingerprint density at radius 1 is 1.15 bits per heavy atom. The lowest BCUT2D eigenvalue weighted by Crippen LogP contribution is -2.13. The zero-order valence-corrected chi connectivity index (χ0v) is 15.6. The molecule has 3 aromatic rings. The van der Waals surface area contributed by atoms with Gasteiger partial charge in [-0.1, -0.05) is 11.6 Å². The molecule has 3 rings (SSSR count). The third-order valence-electron chi connectivity index (χ3n) is 3.28. The molecule has 0 aromatic carbocycles. The molecule has 0 unspecified atom stereocenters. The minimum Gasteiger partial charge on any atom is -0.474 e. The van der Waals surface area contributed by atoms with Gasteiger partial charge in [-0.25, -0.2) is 19.3 Å². The highest BCUT2D eigenvalue weighted by Crippen LogP contribution is 2.25. The van der Waals surface area contributed by atoms with E-state index in [0.717, 1.165) is 12.4 Å². The molecule has 9 nitrogen and oxygen atoms in total. The maximum atomic E-state index is 12.9. The predicted octanol–water partition coefficient (Wildman–Crippen LogP) is 3.49. The topological polar surface area (TPSA) is 114 Å². The Hall–Kier alpha value is -3.01. The fourth-order valence-electron chi connectivity index (χ4n) is 2.13. The number of halogens is 2. The van der Waals surface area contributed by atoms with Crippen LogP contribution in [0.4, 0.5) is 22.0 Å². The lowest BCUT2D eigenvalue weighted by Gasteiger charge is -2.13. The normalized spacial score (nSPS) is 12.1. The van der Waals surface area contributed by atoms with Gasteiger partial charge in [0.2, 0.25) is 11.8 Å². The molecule has 0 amide bonds. The largest absolute Gasteiger partial charge is 0.474 e. The van der Waals surface area contributed by atoms with Crippen LogP contribution >= 0.6 is 11.6 Å². The number of aromatic nitrogens is 6. The average Bonchev–Trinajstić information content (AvgIpc) is 3.04. The first kappa shape index (κ1) is 18.8. The van der Waals surface area contributed by atoms with Gasteiger partial charge >= 0.3 is 0 Å². The van der Waals surface area contributed by atoms with Gasteiger partial charge in [-0.05, 0) is 20.8 Å². The molecule has 3 N–H and O–H groups in total. The molecule has 3 aromatic heterocycles. The highest BCUT2D eigenvalue weighted by molar-refractivity contribution is 6.32. The van der Waals surface area contributed by atoms with Gasteiger partial charge in [0, 0.05) is 6.07 Å². The van der Waals surface area contributed by atoms with Gasteiger partial charge in [0.1, 0.15) is 16.7 Å². The second-order valence-corrected chi connectivity index (χ2v) is 6.33. The minimum atomic E-state index is -0.499. The van der Waals surface area contributed by atoms with Crippen molar-refractivity contribution in [1.82, 2.24) is 30.1 Å². The van der Waals surface area contributed by atoms with Gasteiger partial charge < -0.3 is 15.4 Å². The van der Waals surface area contributed by atoms with Crippen LogP contribution < -0.4 is 15.4 Å². The molecular weight excluding hydrogens is 375 g/mol. The molecule has 3 heterocycles. The Balaban J connectivity index is 1.72. The van der Waals surface area contributed by atoms with Crippen LogP contribution in [0.2, 0.25) is 5.02 Å². The highest BCUT2D eigenvalue weighted by atomic mass is 35.5. The van der Waals surface area contributed by atoms with E-state index in [4.69, 9.17) is 16.3 Å². The van der Waals surface area contributed by atoms with Crippen molar-refractivity contribution < 1.29 is 9.13 Å². The predicted molar refractivity (Wildman–Crippen MR) is 98.7 cm³/mol. The van der Waals surface area contributed by atoms with E-state index >= 15 is 0 Å². The summed E-state index contributed by atoms with van der Waals surface area (Å²) in [5, 5.41) is 13.2. The lowest BCUT2D eigenvalue weighted by molar-refractivity contribution is 0.232. The molecule has 0 spiro atoms. The quantitative estimate of drug-likeness (QED) is 0.560. The van der Waals surface area contributed by atoms with Gasteiger partial charge in [0.25, 0.3) is 0 Å². The molecule has 0 aliphatic carbocycles. The van der Waals surface area contributed by atoms with Crippen molar-refractivity contribution in [3.8, 4) is 5.88 Å². The monoisotopic (exact) mass is 392 g/mol. The number of ether oxygens (including phenoxy) is 1. The number of H-pyrrole nitrogens is 1. The van der Waals surface area contributed by atoms with Crippen molar-refractivity contribution in [3.05, 3.63) is 41.3 Å². The smallest absolute Gasteiger partial charge is 0.234 e.